The van der Waals surface area contributed by atoms with E-state index in [4.69, 9.17) is 25.8 Å². The zero-order valence-corrected chi connectivity index (χ0v) is 31.9. The number of carboxylic acids is 1. The topological polar surface area (TPSA) is 190 Å². The molecule has 0 radical (unpaired) electrons. The second kappa shape index (κ2) is 19.3. The van der Waals surface area contributed by atoms with Gasteiger partial charge in [-0.1, -0.05) is 42.8 Å². The van der Waals surface area contributed by atoms with Gasteiger partial charge in [-0.05, 0) is 96.0 Å². The van der Waals surface area contributed by atoms with Crippen LogP contribution < -0.4 is 20.7 Å². The van der Waals surface area contributed by atoms with E-state index in [1.54, 1.807) is 76.2 Å². The minimum absolute atomic E-state index is 0.0215. The highest BCUT2D eigenvalue weighted by molar-refractivity contribution is 6.32. The first-order valence-corrected chi connectivity index (χ1v) is 18.1. The molecule has 1 aliphatic rings. The third-order valence-electron chi connectivity index (χ3n) is 8.82. The summed E-state index contributed by atoms with van der Waals surface area (Å²) < 4.78 is 16.0. The Hall–Kier alpha value is -4.85. The third-order valence-corrected chi connectivity index (χ3v) is 9.14. The maximum absolute atomic E-state index is 14.0. The number of hydrogen-bond donors (Lipinski definition) is 4. The van der Waals surface area contributed by atoms with E-state index >= 15 is 0 Å². The summed E-state index contributed by atoms with van der Waals surface area (Å²) >= 11 is 6.21. The first kappa shape index (κ1) is 42.6. The quantitative estimate of drug-likeness (QED) is 0.131. The van der Waals surface area contributed by atoms with Crippen molar-refractivity contribution in [2.24, 2.45) is 0 Å². The van der Waals surface area contributed by atoms with E-state index in [0.29, 0.717) is 41.2 Å². The highest BCUT2D eigenvalue weighted by Gasteiger charge is 2.41. The molecular weight excluding hydrogens is 708 g/mol. The van der Waals surface area contributed by atoms with Gasteiger partial charge in [-0.2, -0.15) is 0 Å². The first-order valence-electron chi connectivity index (χ1n) is 17.7. The molecule has 1 saturated heterocycles. The number of unbranched alkanes of at least 4 members (excludes halogenated alkanes) is 1. The van der Waals surface area contributed by atoms with Gasteiger partial charge in [0.2, 0.25) is 17.7 Å². The van der Waals surface area contributed by atoms with Gasteiger partial charge in [-0.3, -0.25) is 14.4 Å². The largest absolute Gasteiger partial charge is 0.495 e. The number of carbonyl (C=O) groups is 6. The number of nitrogens with zero attached hydrogens (tertiary/aromatic N) is 1. The molecule has 14 nitrogen and oxygen atoms in total. The number of alkyl carbamates (subject to hydrolysis) is 1. The molecule has 0 unspecified atom stereocenters. The summed E-state index contributed by atoms with van der Waals surface area (Å²) in [7, 11) is 1.44. The van der Waals surface area contributed by atoms with Crippen molar-refractivity contribution in [2.45, 2.75) is 109 Å². The minimum atomic E-state index is -1.57. The third kappa shape index (κ3) is 12.7. The molecule has 1 heterocycles. The molecule has 290 valence electrons. The SMILES string of the molecule is CC[C@](C)(NC(=O)[C@H](CCCCOC(=O)c1ccccc1)NC(=O)OC(C)(C)C)C(=O)N[C@@H](Cc1ccc(Cl)c(OC)c1)C(=O)N1CCC[C@@H]1C(=O)O. The summed E-state index contributed by atoms with van der Waals surface area (Å²) in [6.07, 6.45) is 0.883. The lowest BCUT2D eigenvalue weighted by atomic mass is 9.94. The lowest BCUT2D eigenvalue weighted by Crippen LogP contribution is -2.63. The fourth-order valence-electron chi connectivity index (χ4n) is 5.73. The van der Waals surface area contributed by atoms with Crippen molar-refractivity contribution in [3.8, 4) is 5.75 Å². The van der Waals surface area contributed by atoms with Gasteiger partial charge in [0.1, 0.15) is 35.0 Å². The number of esters is 1. The van der Waals surface area contributed by atoms with Gasteiger partial charge in [0.15, 0.2) is 0 Å². The Morgan fingerprint density at radius 3 is 2.30 bits per heavy atom. The van der Waals surface area contributed by atoms with Crippen molar-refractivity contribution in [3.63, 3.8) is 0 Å². The van der Waals surface area contributed by atoms with Gasteiger partial charge in [0.05, 0.1) is 24.3 Å². The zero-order valence-electron chi connectivity index (χ0n) is 31.2. The molecule has 3 rings (SSSR count). The van der Waals surface area contributed by atoms with E-state index in [1.165, 1.54) is 18.9 Å². The van der Waals surface area contributed by atoms with Gasteiger partial charge < -0.3 is 40.2 Å². The van der Waals surface area contributed by atoms with Crippen LogP contribution in [0.4, 0.5) is 4.79 Å². The van der Waals surface area contributed by atoms with Crippen molar-refractivity contribution < 1.29 is 48.1 Å². The summed E-state index contributed by atoms with van der Waals surface area (Å²) in [4.78, 5) is 80.0. The van der Waals surface area contributed by atoms with Crippen LogP contribution in [0.1, 0.15) is 89.1 Å². The molecular formula is C38H51ClN4O10. The molecule has 2 aromatic rings. The number of halogens is 1. The fourth-order valence-corrected chi connectivity index (χ4v) is 5.92. The van der Waals surface area contributed by atoms with E-state index < -0.39 is 65.0 Å². The number of rotatable bonds is 17. The average molecular weight is 759 g/mol. The Balaban J connectivity index is 1.78. The number of carboxylic acid groups (broad SMARTS) is 1. The van der Waals surface area contributed by atoms with Crippen LogP contribution in [0.5, 0.6) is 5.75 Å². The molecule has 4 amide bonds. The van der Waals surface area contributed by atoms with Crippen molar-refractivity contribution in [1.29, 1.82) is 0 Å². The Morgan fingerprint density at radius 2 is 1.68 bits per heavy atom. The van der Waals surface area contributed by atoms with Gasteiger partial charge in [0, 0.05) is 13.0 Å². The van der Waals surface area contributed by atoms with E-state index in [-0.39, 0.29) is 38.8 Å². The Kier molecular flexibility index (Phi) is 15.5. The second-order valence-corrected chi connectivity index (χ2v) is 14.5. The average Bonchev–Trinajstić information content (AvgIpc) is 3.61. The van der Waals surface area contributed by atoms with Crippen LogP contribution in [-0.4, -0.2) is 95.3 Å². The Morgan fingerprint density at radius 1 is 0.981 bits per heavy atom. The summed E-state index contributed by atoms with van der Waals surface area (Å²) in [6.45, 7) is 8.50. The lowest BCUT2D eigenvalue weighted by Gasteiger charge is -2.34. The highest BCUT2D eigenvalue weighted by atomic mass is 35.5. The van der Waals surface area contributed by atoms with Gasteiger partial charge >= 0.3 is 18.0 Å². The molecule has 0 aliphatic carbocycles. The number of carbonyl (C=O) groups excluding carboxylic acids is 5. The van der Waals surface area contributed by atoms with Crippen LogP contribution in [0.15, 0.2) is 48.5 Å². The maximum atomic E-state index is 14.0. The zero-order chi connectivity index (χ0) is 39.3. The van der Waals surface area contributed by atoms with Gasteiger partial charge in [0.25, 0.3) is 0 Å². The van der Waals surface area contributed by atoms with Crippen LogP contribution in [0.25, 0.3) is 0 Å². The van der Waals surface area contributed by atoms with Crippen molar-refractivity contribution >= 4 is 47.4 Å². The minimum Gasteiger partial charge on any atom is -0.495 e. The fraction of sp³-hybridized carbons (Fsp3) is 0.526. The smallest absolute Gasteiger partial charge is 0.408 e. The normalized spacial score (nSPS) is 16.4. The van der Waals surface area contributed by atoms with Crippen LogP contribution in [0.2, 0.25) is 5.02 Å². The molecule has 0 bridgehead atoms. The number of amides is 4. The number of benzene rings is 2. The van der Waals surface area contributed by atoms with Crippen molar-refractivity contribution in [2.75, 3.05) is 20.3 Å². The molecule has 15 heteroatoms. The second-order valence-electron chi connectivity index (χ2n) is 14.1. The molecule has 2 aromatic carbocycles. The first-order chi connectivity index (χ1) is 25.0. The maximum Gasteiger partial charge on any atom is 0.408 e. The molecule has 1 aliphatic heterocycles. The summed E-state index contributed by atoms with van der Waals surface area (Å²) in [5.74, 6) is -3.21. The molecule has 0 saturated carbocycles. The van der Waals surface area contributed by atoms with Crippen LogP contribution in [0.3, 0.4) is 0 Å². The molecule has 0 aromatic heterocycles. The van der Waals surface area contributed by atoms with Crippen LogP contribution >= 0.6 is 11.6 Å². The van der Waals surface area contributed by atoms with Crippen molar-refractivity contribution in [3.05, 3.63) is 64.7 Å². The molecule has 1 fully saturated rings. The lowest BCUT2D eigenvalue weighted by molar-refractivity contribution is -0.149. The predicted octanol–water partition coefficient (Wildman–Crippen LogP) is 4.66. The van der Waals surface area contributed by atoms with Gasteiger partial charge in [-0.15, -0.1) is 0 Å². The van der Waals surface area contributed by atoms with Crippen LogP contribution in [0, 0.1) is 0 Å². The predicted molar refractivity (Wildman–Crippen MR) is 197 cm³/mol. The Bertz CT molecular complexity index is 1620. The molecule has 4 atom stereocenters. The summed E-state index contributed by atoms with van der Waals surface area (Å²) in [5.41, 5.74) is -1.41. The summed E-state index contributed by atoms with van der Waals surface area (Å²) in [5, 5.41) is 18.2. The summed E-state index contributed by atoms with van der Waals surface area (Å²) in [6, 6.07) is 10.0. The molecule has 4 N–H and O–H groups in total. The van der Waals surface area contributed by atoms with E-state index in [0.717, 1.165) is 0 Å². The highest BCUT2D eigenvalue weighted by Crippen LogP contribution is 2.27. The number of methoxy groups -OCH3 is 1. The van der Waals surface area contributed by atoms with Crippen LogP contribution in [-0.2, 0) is 35.1 Å². The van der Waals surface area contributed by atoms with Crippen molar-refractivity contribution in [1.82, 2.24) is 20.9 Å². The number of hydrogen-bond acceptors (Lipinski definition) is 9. The molecule has 53 heavy (non-hydrogen) atoms. The number of likely N-dealkylation sites (tertiary alicyclic amines) is 1. The monoisotopic (exact) mass is 758 g/mol. The number of aliphatic carboxylic acids is 1. The number of nitrogens with one attached hydrogen (secondary N) is 3. The molecule has 0 spiro atoms. The standard InChI is InChI=1S/C38H51ClN4O10/c1-7-38(5,35(49)40-28(22-24-18-19-26(39)30(23-24)51-6)32(45)43-20-13-17-29(43)33(46)47)42-31(44)27(41-36(50)53-37(2,3)4)16-11-12-21-52-34(48)25-14-9-8-10-15-25/h8-10,14-15,18-19,23,27-29H,7,11-13,16-17,20-22H2,1-6H3,(H,40,49)(H,41,50)(H,42,44)(H,46,47)/t27-,28-,29+,38-/m0/s1. The Labute approximate surface area is 315 Å². The van der Waals surface area contributed by atoms with Gasteiger partial charge in [-0.25, -0.2) is 14.4 Å². The van der Waals surface area contributed by atoms with E-state index in [9.17, 15) is 33.9 Å². The number of ether oxygens (including phenoxy) is 3. The van der Waals surface area contributed by atoms with E-state index in [1.807, 2.05) is 0 Å². The van der Waals surface area contributed by atoms with E-state index in [2.05, 4.69) is 16.0 Å².